The molecule has 0 atom stereocenters. The van der Waals surface area contributed by atoms with Crippen LogP contribution in [0.3, 0.4) is 0 Å². The molecule has 2 aromatic carbocycles. The summed E-state index contributed by atoms with van der Waals surface area (Å²) in [7, 11) is 4.58. The summed E-state index contributed by atoms with van der Waals surface area (Å²) >= 11 is 7.38. The molecule has 0 aliphatic heterocycles. The molecule has 0 spiro atoms. The van der Waals surface area contributed by atoms with E-state index in [2.05, 4.69) is 5.32 Å². The summed E-state index contributed by atoms with van der Waals surface area (Å²) in [6, 6.07) is 10.6. The number of amides is 1. The molecule has 0 aromatic heterocycles. The van der Waals surface area contributed by atoms with Crippen LogP contribution in [-0.2, 0) is 4.79 Å². The molecule has 1 amide bonds. The van der Waals surface area contributed by atoms with Crippen LogP contribution in [0.15, 0.2) is 36.4 Å². The maximum absolute atomic E-state index is 12.1. The van der Waals surface area contributed by atoms with Gasteiger partial charge in [0, 0.05) is 28.6 Å². The highest BCUT2D eigenvalue weighted by Gasteiger charge is 2.14. The topological polar surface area (TPSA) is 66.0 Å². The van der Waals surface area contributed by atoms with Gasteiger partial charge in [-0.1, -0.05) is 17.7 Å². The van der Waals surface area contributed by atoms with E-state index < -0.39 is 0 Å². The molecule has 0 saturated carbocycles. The molecule has 1 N–H and O–H groups in total. The molecule has 0 fully saturated rings. The largest absolute Gasteiger partial charge is 0.493 e. The van der Waals surface area contributed by atoms with Crippen LogP contribution in [0.2, 0.25) is 5.02 Å². The lowest BCUT2D eigenvalue weighted by Gasteiger charge is -2.14. The molecule has 146 valence electrons. The van der Waals surface area contributed by atoms with Gasteiger partial charge in [-0.25, -0.2) is 0 Å². The summed E-state index contributed by atoms with van der Waals surface area (Å²) in [5.74, 6) is 3.00. The zero-order chi connectivity index (χ0) is 19.6. The SMILES string of the molecule is COc1cc(NC(=O)CSCCOc2cccc(Cl)c2)cc(OC)c1OC. The molecule has 2 rings (SSSR count). The zero-order valence-electron chi connectivity index (χ0n) is 15.4. The Hall–Kier alpha value is -2.25. The molecule has 2 aromatic rings. The number of carbonyl (C=O) groups is 1. The fourth-order valence-corrected chi connectivity index (χ4v) is 3.07. The Morgan fingerprint density at radius 1 is 1.07 bits per heavy atom. The lowest BCUT2D eigenvalue weighted by Crippen LogP contribution is -2.15. The molecule has 0 aliphatic carbocycles. The van der Waals surface area contributed by atoms with E-state index in [1.807, 2.05) is 12.1 Å². The second-order valence-electron chi connectivity index (χ2n) is 5.32. The second-order valence-corrected chi connectivity index (χ2v) is 6.86. The molecule has 6 nitrogen and oxygen atoms in total. The van der Waals surface area contributed by atoms with Crippen molar-refractivity contribution in [2.45, 2.75) is 0 Å². The number of carbonyl (C=O) groups excluding carboxylic acids is 1. The van der Waals surface area contributed by atoms with Crippen molar-refractivity contribution in [3.05, 3.63) is 41.4 Å². The predicted octanol–water partition coefficient (Wildman–Crippen LogP) is 4.12. The van der Waals surface area contributed by atoms with Gasteiger partial charge in [-0.2, -0.15) is 0 Å². The van der Waals surface area contributed by atoms with Gasteiger partial charge < -0.3 is 24.3 Å². The average molecular weight is 412 g/mol. The van der Waals surface area contributed by atoms with Gasteiger partial charge in [0.2, 0.25) is 11.7 Å². The number of ether oxygens (including phenoxy) is 4. The normalized spacial score (nSPS) is 10.2. The highest BCUT2D eigenvalue weighted by atomic mass is 35.5. The Labute approximate surface area is 168 Å². The van der Waals surface area contributed by atoms with Crippen molar-refractivity contribution >= 4 is 35.0 Å². The molecule has 0 saturated heterocycles. The summed E-state index contributed by atoms with van der Waals surface area (Å²) in [5.41, 5.74) is 0.574. The summed E-state index contributed by atoms with van der Waals surface area (Å²) in [5, 5.41) is 3.45. The summed E-state index contributed by atoms with van der Waals surface area (Å²) in [6.45, 7) is 0.489. The molecular weight excluding hydrogens is 390 g/mol. The van der Waals surface area contributed by atoms with E-state index in [1.165, 1.54) is 33.1 Å². The summed E-state index contributed by atoms with van der Waals surface area (Å²) in [6.07, 6.45) is 0. The van der Waals surface area contributed by atoms with Gasteiger partial charge >= 0.3 is 0 Å². The van der Waals surface area contributed by atoms with Crippen LogP contribution < -0.4 is 24.3 Å². The smallest absolute Gasteiger partial charge is 0.234 e. The van der Waals surface area contributed by atoms with Crippen molar-refractivity contribution in [3.63, 3.8) is 0 Å². The minimum Gasteiger partial charge on any atom is -0.493 e. The predicted molar refractivity (Wildman–Crippen MR) is 109 cm³/mol. The number of benzene rings is 2. The highest BCUT2D eigenvalue weighted by Crippen LogP contribution is 2.39. The van der Waals surface area contributed by atoms with Crippen molar-refractivity contribution in [2.75, 3.05) is 44.8 Å². The van der Waals surface area contributed by atoms with Gasteiger partial charge in [0.1, 0.15) is 5.75 Å². The van der Waals surface area contributed by atoms with E-state index in [1.54, 1.807) is 24.3 Å². The second kappa shape index (κ2) is 10.8. The molecule has 8 heteroatoms. The third-order valence-electron chi connectivity index (χ3n) is 3.47. The van der Waals surface area contributed by atoms with E-state index in [4.69, 9.17) is 30.5 Å². The zero-order valence-corrected chi connectivity index (χ0v) is 17.0. The summed E-state index contributed by atoms with van der Waals surface area (Å²) < 4.78 is 21.4. The third-order valence-corrected chi connectivity index (χ3v) is 4.63. The number of nitrogens with one attached hydrogen (secondary N) is 1. The van der Waals surface area contributed by atoms with Crippen molar-refractivity contribution < 1.29 is 23.7 Å². The number of anilines is 1. The van der Waals surface area contributed by atoms with Gasteiger partial charge in [-0.15, -0.1) is 11.8 Å². The average Bonchev–Trinajstić information content (AvgIpc) is 2.66. The first-order valence-corrected chi connectivity index (χ1v) is 9.66. The van der Waals surface area contributed by atoms with E-state index >= 15 is 0 Å². The Bertz CT molecular complexity index is 747. The molecule has 0 bridgehead atoms. The van der Waals surface area contributed by atoms with Crippen molar-refractivity contribution in [1.29, 1.82) is 0 Å². The first-order chi connectivity index (χ1) is 13.1. The van der Waals surface area contributed by atoms with Crippen LogP contribution in [-0.4, -0.2) is 45.3 Å². The van der Waals surface area contributed by atoms with Crippen molar-refractivity contribution in [2.24, 2.45) is 0 Å². The quantitative estimate of drug-likeness (QED) is 0.593. The standard InChI is InChI=1S/C19H22ClNO5S/c1-23-16-10-14(11-17(24-2)19(16)25-3)21-18(22)12-27-8-7-26-15-6-4-5-13(20)9-15/h4-6,9-11H,7-8,12H2,1-3H3,(H,21,22). The van der Waals surface area contributed by atoms with Crippen LogP contribution in [0.25, 0.3) is 0 Å². The van der Waals surface area contributed by atoms with Crippen LogP contribution in [0, 0.1) is 0 Å². The van der Waals surface area contributed by atoms with E-state index in [0.717, 1.165) is 0 Å². The first-order valence-electron chi connectivity index (χ1n) is 8.13. The number of methoxy groups -OCH3 is 3. The highest BCUT2D eigenvalue weighted by molar-refractivity contribution is 7.99. The molecule has 0 aliphatic rings. The Balaban J connectivity index is 1.80. The maximum atomic E-state index is 12.1. The third kappa shape index (κ3) is 6.45. The van der Waals surface area contributed by atoms with Crippen LogP contribution in [0.4, 0.5) is 5.69 Å². The molecule has 0 heterocycles. The van der Waals surface area contributed by atoms with Crippen molar-refractivity contribution in [3.8, 4) is 23.0 Å². The van der Waals surface area contributed by atoms with Gasteiger partial charge in [-0.05, 0) is 18.2 Å². The summed E-state index contributed by atoms with van der Waals surface area (Å²) in [4.78, 5) is 12.1. The number of rotatable bonds is 10. The monoisotopic (exact) mass is 411 g/mol. The minimum absolute atomic E-state index is 0.128. The maximum Gasteiger partial charge on any atom is 0.234 e. The molecule has 0 unspecified atom stereocenters. The number of thioether (sulfide) groups is 1. The minimum atomic E-state index is -0.128. The molecular formula is C19H22ClNO5S. The fraction of sp³-hybridized carbons (Fsp3) is 0.316. The van der Waals surface area contributed by atoms with Crippen molar-refractivity contribution in [1.82, 2.24) is 0 Å². The van der Waals surface area contributed by atoms with Gasteiger partial charge in [0.15, 0.2) is 11.5 Å². The Morgan fingerprint density at radius 3 is 2.37 bits per heavy atom. The van der Waals surface area contributed by atoms with Crippen LogP contribution >= 0.6 is 23.4 Å². The van der Waals surface area contributed by atoms with Gasteiger partial charge in [-0.3, -0.25) is 4.79 Å². The lowest BCUT2D eigenvalue weighted by atomic mass is 10.2. The Kier molecular flexibility index (Phi) is 8.42. The lowest BCUT2D eigenvalue weighted by molar-refractivity contribution is -0.113. The molecule has 0 radical (unpaired) electrons. The first kappa shape index (κ1) is 21.1. The van der Waals surface area contributed by atoms with Crippen LogP contribution in [0.5, 0.6) is 23.0 Å². The van der Waals surface area contributed by atoms with Gasteiger partial charge in [0.25, 0.3) is 0 Å². The number of hydrogen-bond donors (Lipinski definition) is 1. The Morgan fingerprint density at radius 2 is 1.78 bits per heavy atom. The number of halogens is 1. The van der Waals surface area contributed by atoms with E-state index in [9.17, 15) is 4.79 Å². The van der Waals surface area contributed by atoms with Gasteiger partial charge in [0.05, 0.1) is 33.7 Å². The molecule has 27 heavy (non-hydrogen) atoms. The fourth-order valence-electron chi connectivity index (χ4n) is 2.29. The van der Waals surface area contributed by atoms with E-state index in [-0.39, 0.29) is 5.91 Å². The van der Waals surface area contributed by atoms with Crippen LogP contribution in [0.1, 0.15) is 0 Å². The number of hydrogen-bond acceptors (Lipinski definition) is 6. The van der Waals surface area contributed by atoms with E-state index in [0.29, 0.717) is 51.8 Å².